The van der Waals surface area contributed by atoms with Gasteiger partial charge in [0.15, 0.2) is 0 Å². The second kappa shape index (κ2) is 10.5. The molecule has 1 N–H and O–H groups in total. The molecular formula is C25H25F2NO3S. The van der Waals surface area contributed by atoms with Crippen molar-refractivity contribution in [1.82, 2.24) is 0 Å². The lowest BCUT2D eigenvalue weighted by atomic mass is 9.98. The molecule has 0 atom stereocenters. The predicted molar refractivity (Wildman–Crippen MR) is 123 cm³/mol. The molecule has 0 radical (unpaired) electrons. The van der Waals surface area contributed by atoms with E-state index in [-0.39, 0.29) is 17.2 Å². The van der Waals surface area contributed by atoms with Crippen LogP contribution in [0.1, 0.15) is 57.8 Å². The second-order valence-electron chi connectivity index (χ2n) is 7.31. The summed E-state index contributed by atoms with van der Waals surface area (Å²) in [5.74, 6) is -3.52. The molecule has 168 valence electrons. The fourth-order valence-corrected chi connectivity index (χ4v) is 4.54. The van der Waals surface area contributed by atoms with Crippen LogP contribution >= 0.6 is 11.3 Å². The van der Waals surface area contributed by atoms with Crippen LogP contribution in [0.25, 0.3) is 11.1 Å². The fraction of sp³-hybridized carbons (Fsp3) is 0.280. The van der Waals surface area contributed by atoms with Crippen molar-refractivity contribution in [2.45, 2.75) is 40.0 Å². The molecule has 0 aliphatic heterocycles. The summed E-state index contributed by atoms with van der Waals surface area (Å²) in [6.45, 7) is 5.80. The van der Waals surface area contributed by atoms with Crippen molar-refractivity contribution in [3.05, 3.63) is 75.7 Å². The normalized spacial score (nSPS) is 10.8. The molecule has 4 nitrogen and oxygen atoms in total. The van der Waals surface area contributed by atoms with Crippen molar-refractivity contribution in [2.75, 3.05) is 11.9 Å². The molecule has 1 amide bonds. The standard InChI is InChI=1S/C25H25F2NO3S/c1-4-6-8-16-11-13-17(14-12-16)20-15(3)32-24(22(20)25(30)31-5-2)28-23(29)21-18(26)9-7-10-19(21)27/h7,9-14H,4-6,8H2,1-3H3,(H,28,29). The van der Waals surface area contributed by atoms with Gasteiger partial charge in [0.2, 0.25) is 0 Å². The zero-order chi connectivity index (χ0) is 23.3. The number of carbonyl (C=O) groups excluding carboxylic acids is 2. The fourth-order valence-electron chi connectivity index (χ4n) is 3.48. The monoisotopic (exact) mass is 457 g/mol. The van der Waals surface area contributed by atoms with E-state index in [0.29, 0.717) is 5.56 Å². The minimum absolute atomic E-state index is 0.151. The second-order valence-corrected chi connectivity index (χ2v) is 8.53. The number of benzene rings is 2. The summed E-state index contributed by atoms with van der Waals surface area (Å²) in [4.78, 5) is 26.2. The van der Waals surface area contributed by atoms with Gasteiger partial charge in [0.1, 0.15) is 27.8 Å². The van der Waals surface area contributed by atoms with Gasteiger partial charge < -0.3 is 10.1 Å². The van der Waals surface area contributed by atoms with Gasteiger partial charge >= 0.3 is 5.97 Å². The maximum atomic E-state index is 14.1. The summed E-state index contributed by atoms with van der Waals surface area (Å²) in [6.07, 6.45) is 3.16. The van der Waals surface area contributed by atoms with Crippen molar-refractivity contribution in [3.63, 3.8) is 0 Å². The number of rotatable bonds is 8. The van der Waals surface area contributed by atoms with Crippen molar-refractivity contribution >= 4 is 28.2 Å². The smallest absolute Gasteiger partial charge is 0.341 e. The molecule has 1 aromatic heterocycles. The molecule has 0 saturated heterocycles. The number of amides is 1. The third kappa shape index (κ3) is 5.05. The highest BCUT2D eigenvalue weighted by atomic mass is 32.1. The molecule has 0 fully saturated rings. The van der Waals surface area contributed by atoms with Gasteiger partial charge in [-0.25, -0.2) is 13.6 Å². The molecule has 7 heteroatoms. The highest BCUT2D eigenvalue weighted by Gasteiger charge is 2.27. The van der Waals surface area contributed by atoms with Crippen LogP contribution in [-0.4, -0.2) is 18.5 Å². The quantitative estimate of drug-likeness (QED) is 0.380. The summed E-state index contributed by atoms with van der Waals surface area (Å²) in [5, 5.41) is 2.71. The highest BCUT2D eigenvalue weighted by Crippen LogP contribution is 2.41. The topological polar surface area (TPSA) is 55.4 Å². The van der Waals surface area contributed by atoms with Crippen LogP contribution in [0.2, 0.25) is 0 Å². The number of hydrogen-bond acceptors (Lipinski definition) is 4. The van der Waals surface area contributed by atoms with Gasteiger partial charge in [0.25, 0.3) is 5.91 Å². The van der Waals surface area contributed by atoms with Gasteiger partial charge in [-0.1, -0.05) is 43.7 Å². The Labute approximate surface area is 190 Å². The van der Waals surface area contributed by atoms with E-state index in [9.17, 15) is 18.4 Å². The zero-order valence-electron chi connectivity index (χ0n) is 18.3. The summed E-state index contributed by atoms with van der Waals surface area (Å²) in [7, 11) is 0. The molecule has 0 spiro atoms. The van der Waals surface area contributed by atoms with Gasteiger partial charge in [-0.05, 0) is 49.9 Å². The lowest BCUT2D eigenvalue weighted by molar-refractivity contribution is 0.0529. The van der Waals surface area contributed by atoms with Crippen LogP contribution in [0.3, 0.4) is 0 Å². The van der Waals surface area contributed by atoms with Crippen molar-refractivity contribution in [1.29, 1.82) is 0 Å². The van der Waals surface area contributed by atoms with Crippen LogP contribution in [0, 0.1) is 18.6 Å². The summed E-state index contributed by atoms with van der Waals surface area (Å²) < 4.78 is 33.4. The van der Waals surface area contributed by atoms with Crippen molar-refractivity contribution in [2.24, 2.45) is 0 Å². The lowest BCUT2D eigenvalue weighted by Gasteiger charge is -2.10. The predicted octanol–water partition coefficient (Wildman–Crippen LogP) is 6.77. The number of ether oxygens (including phenoxy) is 1. The third-order valence-corrected chi connectivity index (χ3v) is 6.06. The Hall–Kier alpha value is -3.06. The number of thiophene rings is 1. The van der Waals surface area contributed by atoms with E-state index in [4.69, 9.17) is 4.74 Å². The SMILES string of the molecule is CCCCc1ccc(-c2c(C)sc(NC(=O)c3c(F)cccc3F)c2C(=O)OCC)cc1. The van der Waals surface area contributed by atoms with E-state index < -0.39 is 29.1 Å². The molecule has 32 heavy (non-hydrogen) atoms. The molecule has 0 unspecified atom stereocenters. The van der Waals surface area contributed by atoms with Crippen molar-refractivity contribution < 1.29 is 23.1 Å². The Morgan fingerprint density at radius 2 is 1.66 bits per heavy atom. The Balaban J connectivity index is 2.02. The molecular weight excluding hydrogens is 432 g/mol. The average molecular weight is 458 g/mol. The first-order valence-electron chi connectivity index (χ1n) is 10.5. The Morgan fingerprint density at radius 1 is 1.00 bits per heavy atom. The van der Waals surface area contributed by atoms with Crippen LogP contribution < -0.4 is 5.32 Å². The number of anilines is 1. The molecule has 0 aliphatic carbocycles. The minimum atomic E-state index is -0.976. The maximum Gasteiger partial charge on any atom is 0.341 e. The number of halogens is 2. The molecule has 0 aliphatic rings. The molecule has 1 heterocycles. The number of carbonyl (C=O) groups is 2. The molecule has 2 aromatic carbocycles. The molecule has 3 rings (SSSR count). The molecule has 0 bridgehead atoms. The van der Waals surface area contributed by atoms with Crippen molar-refractivity contribution in [3.8, 4) is 11.1 Å². The van der Waals surface area contributed by atoms with Crippen LogP contribution in [0.15, 0.2) is 42.5 Å². The highest BCUT2D eigenvalue weighted by molar-refractivity contribution is 7.17. The molecule has 3 aromatic rings. The minimum Gasteiger partial charge on any atom is -0.462 e. The lowest BCUT2D eigenvalue weighted by Crippen LogP contribution is -2.17. The largest absolute Gasteiger partial charge is 0.462 e. The van der Waals surface area contributed by atoms with Gasteiger partial charge in [-0.15, -0.1) is 11.3 Å². The first-order valence-corrected chi connectivity index (χ1v) is 11.3. The van der Waals surface area contributed by atoms with Gasteiger partial charge in [-0.2, -0.15) is 0 Å². The number of esters is 1. The number of unbranched alkanes of at least 4 members (excludes halogenated alkanes) is 1. The summed E-state index contributed by atoms with van der Waals surface area (Å²) >= 11 is 1.17. The van der Waals surface area contributed by atoms with Crippen LogP contribution in [0.5, 0.6) is 0 Å². The van der Waals surface area contributed by atoms with Gasteiger partial charge in [0.05, 0.1) is 6.61 Å². The Morgan fingerprint density at radius 3 is 2.25 bits per heavy atom. The van der Waals surface area contributed by atoms with Crippen LogP contribution in [0.4, 0.5) is 13.8 Å². The number of hydrogen-bond donors (Lipinski definition) is 1. The summed E-state index contributed by atoms with van der Waals surface area (Å²) in [5.41, 5.74) is 2.13. The Bertz CT molecular complexity index is 1100. The first-order chi connectivity index (χ1) is 15.4. The first kappa shape index (κ1) is 23.6. The van der Waals surface area contributed by atoms with E-state index in [1.807, 2.05) is 31.2 Å². The van der Waals surface area contributed by atoms with E-state index in [1.54, 1.807) is 6.92 Å². The maximum absolute atomic E-state index is 14.1. The van der Waals surface area contributed by atoms with E-state index in [1.165, 1.54) is 23.0 Å². The van der Waals surface area contributed by atoms with E-state index in [0.717, 1.165) is 41.8 Å². The number of nitrogens with one attached hydrogen (secondary N) is 1. The van der Waals surface area contributed by atoms with Gasteiger partial charge in [-0.3, -0.25) is 4.79 Å². The number of aryl methyl sites for hydroxylation is 2. The van der Waals surface area contributed by atoms with E-state index in [2.05, 4.69) is 12.2 Å². The van der Waals surface area contributed by atoms with Crippen LogP contribution in [-0.2, 0) is 11.2 Å². The summed E-state index contributed by atoms with van der Waals surface area (Å²) in [6, 6.07) is 11.1. The van der Waals surface area contributed by atoms with Gasteiger partial charge in [0, 0.05) is 10.4 Å². The average Bonchev–Trinajstić information content (AvgIpc) is 3.08. The van der Waals surface area contributed by atoms with E-state index >= 15 is 0 Å². The zero-order valence-corrected chi connectivity index (χ0v) is 19.1. The Kier molecular flexibility index (Phi) is 7.75. The molecule has 0 saturated carbocycles. The third-order valence-electron chi connectivity index (χ3n) is 5.04.